The summed E-state index contributed by atoms with van der Waals surface area (Å²) in [4.78, 5) is 28.2. The molecule has 142 valence electrons. The molecule has 1 N–H and O–H groups in total. The SMILES string of the molecule is O=C(COC(=O)C[C@H]1C[C@@H]2CC[C@H]1C2)Nc1cc(Cl)ccc1-n1cncn1. The Labute approximate surface area is 162 Å². The highest BCUT2D eigenvalue weighted by atomic mass is 35.5. The summed E-state index contributed by atoms with van der Waals surface area (Å²) in [5.41, 5.74) is 1.10. The lowest BCUT2D eigenvalue weighted by molar-refractivity contribution is -0.148. The molecule has 0 spiro atoms. The summed E-state index contributed by atoms with van der Waals surface area (Å²) in [7, 11) is 0. The molecule has 2 aliphatic rings. The van der Waals surface area contributed by atoms with Gasteiger partial charge in [0.25, 0.3) is 5.91 Å². The molecule has 2 saturated carbocycles. The number of halogens is 1. The van der Waals surface area contributed by atoms with Crippen LogP contribution in [0.5, 0.6) is 0 Å². The lowest BCUT2D eigenvalue weighted by Gasteiger charge is -2.20. The van der Waals surface area contributed by atoms with Gasteiger partial charge in [-0.2, -0.15) is 5.10 Å². The van der Waals surface area contributed by atoms with Gasteiger partial charge in [-0.3, -0.25) is 9.59 Å². The van der Waals surface area contributed by atoms with Crippen molar-refractivity contribution < 1.29 is 14.3 Å². The van der Waals surface area contributed by atoms with Crippen molar-refractivity contribution >= 4 is 29.2 Å². The fraction of sp³-hybridized carbons (Fsp3) is 0.474. The number of benzene rings is 1. The number of nitrogens with one attached hydrogen (secondary N) is 1. The Kier molecular flexibility index (Phi) is 5.11. The average molecular weight is 389 g/mol. The molecule has 0 aliphatic heterocycles. The van der Waals surface area contributed by atoms with Crippen molar-refractivity contribution in [2.75, 3.05) is 11.9 Å². The molecular weight excluding hydrogens is 368 g/mol. The zero-order chi connectivity index (χ0) is 18.8. The van der Waals surface area contributed by atoms with E-state index in [9.17, 15) is 9.59 Å². The molecule has 27 heavy (non-hydrogen) atoms. The van der Waals surface area contributed by atoms with Crippen LogP contribution < -0.4 is 5.32 Å². The monoisotopic (exact) mass is 388 g/mol. The molecule has 7 nitrogen and oxygen atoms in total. The van der Waals surface area contributed by atoms with E-state index in [1.54, 1.807) is 18.2 Å². The van der Waals surface area contributed by atoms with E-state index >= 15 is 0 Å². The summed E-state index contributed by atoms with van der Waals surface area (Å²) >= 11 is 6.03. The highest BCUT2D eigenvalue weighted by Crippen LogP contribution is 2.49. The van der Waals surface area contributed by atoms with Crippen LogP contribution in [0.2, 0.25) is 5.02 Å². The van der Waals surface area contributed by atoms with Crippen LogP contribution in [0, 0.1) is 17.8 Å². The average Bonchev–Trinajstić information content (AvgIpc) is 3.38. The number of carbonyl (C=O) groups excluding carboxylic acids is 2. The van der Waals surface area contributed by atoms with Gasteiger partial charge in [-0.25, -0.2) is 9.67 Å². The Bertz CT molecular complexity index is 839. The fourth-order valence-corrected chi connectivity index (χ4v) is 4.54. The van der Waals surface area contributed by atoms with Crippen LogP contribution in [-0.4, -0.2) is 33.2 Å². The third-order valence-corrected chi connectivity index (χ3v) is 5.81. The topological polar surface area (TPSA) is 86.1 Å². The molecule has 8 heteroatoms. The molecule has 1 heterocycles. The zero-order valence-corrected chi connectivity index (χ0v) is 15.6. The third-order valence-electron chi connectivity index (χ3n) is 5.58. The first-order valence-corrected chi connectivity index (χ1v) is 9.56. The van der Waals surface area contributed by atoms with Crippen LogP contribution in [-0.2, 0) is 14.3 Å². The fourth-order valence-electron chi connectivity index (χ4n) is 4.37. The van der Waals surface area contributed by atoms with Crippen LogP contribution in [0.15, 0.2) is 30.9 Å². The predicted octanol–water partition coefficient (Wildman–Crippen LogP) is 3.23. The summed E-state index contributed by atoms with van der Waals surface area (Å²) < 4.78 is 6.71. The van der Waals surface area contributed by atoms with Crippen LogP contribution in [0.1, 0.15) is 32.1 Å². The highest BCUT2D eigenvalue weighted by molar-refractivity contribution is 6.31. The second-order valence-corrected chi connectivity index (χ2v) is 7.79. The van der Waals surface area contributed by atoms with E-state index in [0.717, 1.165) is 12.3 Å². The number of aromatic nitrogens is 3. The van der Waals surface area contributed by atoms with Gasteiger partial charge in [0.15, 0.2) is 6.61 Å². The minimum atomic E-state index is -0.417. The maximum atomic E-state index is 12.2. The van der Waals surface area contributed by atoms with E-state index in [2.05, 4.69) is 15.4 Å². The number of carbonyl (C=O) groups is 2. The number of rotatable bonds is 6. The van der Waals surface area contributed by atoms with Crippen molar-refractivity contribution in [2.45, 2.75) is 32.1 Å². The second kappa shape index (κ2) is 7.68. The van der Waals surface area contributed by atoms with Gasteiger partial charge >= 0.3 is 5.97 Å². The van der Waals surface area contributed by atoms with Crippen LogP contribution >= 0.6 is 11.6 Å². The Morgan fingerprint density at radius 1 is 1.30 bits per heavy atom. The molecule has 2 aromatic rings. The molecular formula is C19H21ClN4O3. The summed E-state index contributed by atoms with van der Waals surface area (Å²) in [5.74, 6) is 1.15. The number of hydrogen-bond donors (Lipinski definition) is 1. The predicted molar refractivity (Wildman–Crippen MR) is 99.5 cm³/mol. The normalized spacial score (nSPS) is 23.4. The second-order valence-electron chi connectivity index (χ2n) is 7.35. The third kappa shape index (κ3) is 4.13. The van der Waals surface area contributed by atoms with Crippen LogP contribution in [0.25, 0.3) is 5.69 Å². The molecule has 1 amide bonds. The van der Waals surface area contributed by atoms with E-state index in [1.165, 1.54) is 36.6 Å². The minimum Gasteiger partial charge on any atom is -0.456 e. The molecule has 1 aromatic heterocycles. The summed E-state index contributed by atoms with van der Waals surface area (Å²) in [5, 5.41) is 7.26. The molecule has 4 rings (SSSR count). The molecule has 2 fully saturated rings. The number of esters is 1. The lowest BCUT2D eigenvalue weighted by atomic mass is 9.86. The van der Waals surface area contributed by atoms with Gasteiger partial charge in [0.1, 0.15) is 12.7 Å². The summed E-state index contributed by atoms with van der Waals surface area (Å²) in [6, 6.07) is 5.05. The Morgan fingerprint density at radius 2 is 2.19 bits per heavy atom. The zero-order valence-electron chi connectivity index (χ0n) is 14.8. The van der Waals surface area contributed by atoms with Crippen molar-refractivity contribution in [2.24, 2.45) is 17.8 Å². The number of anilines is 1. The molecule has 2 bridgehead atoms. The molecule has 0 saturated heterocycles. The first-order chi connectivity index (χ1) is 13.1. The maximum absolute atomic E-state index is 12.2. The van der Waals surface area contributed by atoms with Crippen molar-refractivity contribution in [3.8, 4) is 5.69 Å². The van der Waals surface area contributed by atoms with Crippen molar-refractivity contribution in [1.29, 1.82) is 0 Å². The molecule has 0 radical (unpaired) electrons. The first kappa shape index (κ1) is 18.0. The Balaban J connectivity index is 1.32. The van der Waals surface area contributed by atoms with E-state index in [-0.39, 0.29) is 12.6 Å². The van der Waals surface area contributed by atoms with Crippen LogP contribution in [0.3, 0.4) is 0 Å². The maximum Gasteiger partial charge on any atom is 0.306 e. The standard InChI is InChI=1S/C19H21ClN4O3/c20-15-3-4-17(24-11-21-10-22-24)16(8-15)23-18(25)9-27-19(26)7-14-6-12-1-2-13(14)5-12/h3-4,8,10-14H,1-2,5-7,9H2,(H,23,25)/t12-,13+,14-/m1/s1. The van der Waals surface area contributed by atoms with E-state index in [4.69, 9.17) is 16.3 Å². The van der Waals surface area contributed by atoms with Gasteiger partial charge in [-0.1, -0.05) is 18.0 Å². The van der Waals surface area contributed by atoms with Gasteiger partial charge in [0.05, 0.1) is 11.4 Å². The minimum absolute atomic E-state index is 0.301. The molecule has 3 atom stereocenters. The van der Waals surface area contributed by atoms with Crippen molar-refractivity contribution in [1.82, 2.24) is 14.8 Å². The van der Waals surface area contributed by atoms with Gasteiger partial charge in [0.2, 0.25) is 0 Å². The molecule has 2 aliphatic carbocycles. The first-order valence-electron chi connectivity index (χ1n) is 9.18. The Morgan fingerprint density at radius 3 is 2.89 bits per heavy atom. The molecule has 1 aromatic carbocycles. The van der Waals surface area contributed by atoms with Gasteiger partial charge < -0.3 is 10.1 Å². The number of fused-ring (bicyclic) bond motifs is 2. The number of ether oxygens (including phenoxy) is 1. The Hall–Kier alpha value is -2.41. The van der Waals surface area contributed by atoms with Gasteiger partial charge in [-0.15, -0.1) is 0 Å². The molecule has 0 unspecified atom stereocenters. The lowest BCUT2D eigenvalue weighted by Crippen LogP contribution is -2.23. The number of amides is 1. The van der Waals surface area contributed by atoms with E-state index in [1.807, 2.05) is 0 Å². The summed E-state index contributed by atoms with van der Waals surface area (Å²) in [6.07, 6.45) is 8.23. The van der Waals surface area contributed by atoms with E-state index in [0.29, 0.717) is 34.7 Å². The smallest absolute Gasteiger partial charge is 0.306 e. The van der Waals surface area contributed by atoms with Crippen molar-refractivity contribution in [3.63, 3.8) is 0 Å². The number of hydrogen-bond acceptors (Lipinski definition) is 5. The van der Waals surface area contributed by atoms with Gasteiger partial charge in [0, 0.05) is 11.4 Å². The number of nitrogens with zero attached hydrogens (tertiary/aromatic N) is 3. The highest BCUT2D eigenvalue weighted by Gasteiger charge is 2.40. The van der Waals surface area contributed by atoms with Gasteiger partial charge in [-0.05, 0) is 55.2 Å². The quantitative estimate of drug-likeness (QED) is 0.768. The van der Waals surface area contributed by atoms with E-state index < -0.39 is 5.91 Å². The summed E-state index contributed by atoms with van der Waals surface area (Å²) in [6.45, 7) is -0.317. The van der Waals surface area contributed by atoms with Crippen molar-refractivity contribution in [3.05, 3.63) is 35.9 Å². The largest absolute Gasteiger partial charge is 0.456 e. The van der Waals surface area contributed by atoms with Crippen LogP contribution in [0.4, 0.5) is 5.69 Å².